The molecule has 0 radical (unpaired) electrons. The summed E-state index contributed by atoms with van der Waals surface area (Å²) in [4.78, 5) is 4.57. The fourth-order valence-corrected chi connectivity index (χ4v) is 1.73. The van der Waals surface area contributed by atoms with Crippen LogP contribution in [0.3, 0.4) is 0 Å². The lowest BCUT2D eigenvalue weighted by Crippen LogP contribution is -2.40. The van der Waals surface area contributed by atoms with E-state index in [1.54, 1.807) is 7.11 Å². The second-order valence-corrected chi connectivity index (χ2v) is 4.80. The zero-order chi connectivity index (χ0) is 14.3. The van der Waals surface area contributed by atoms with Gasteiger partial charge >= 0.3 is 0 Å². The van der Waals surface area contributed by atoms with Crippen molar-refractivity contribution in [1.29, 1.82) is 0 Å². The van der Waals surface area contributed by atoms with E-state index >= 15 is 0 Å². The second kappa shape index (κ2) is 9.85. The lowest BCUT2D eigenvalue weighted by Gasteiger charge is -2.14. The monoisotopic (exact) mass is 391 g/mol. The molecule has 0 fully saturated rings. The molecule has 0 saturated carbocycles. The number of ether oxygens (including phenoxy) is 1. The summed E-state index contributed by atoms with van der Waals surface area (Å²) < 4.78 is 5.32. The summed E-state index contributed by atoms with van der Waals surface area (Å²) in [5.74, 6) is 1.76. The standard InChI is InChI=1S/C15H25N3O.HI/c1-6-16-15(18-11(2)3)17-10-13-8-7-12(4)14(9-13)19-5;/h7-9,11H,6,10H2,1-5H3,(H2,16,17,18);1H. The molecule has 1 aromatic rings. The Labute approximate surface area is 139 Å². The molecule has 1 aromatic carbocycles. The molecule has 0 aromatic heterocycles. The quantitative estimate of drug-likeness (QED) is 0.461. The fourth-order valence-electron chi connectivity index (χ4n) is 1.73. The molecule has 5 heteroatoms. The third kappa shape index (κ3) is 6.45. The van der Waals surface area contributed by atoms with Crippen molar-refractivity contribution in [2.75, 3.05) is 13.7 Å². The number of guanidine groups is 1. The van der Waals surface area contributed by atoms with E-state index in [0.29, 0.717) is 12.6 Å². The molecule has 0 amide bonds. The van der Waals surface area contributed by atoms with Gasteiger partial charge in [0.2, 0.25) is 0 Å². The van der Waals surface area contributed by atoms with Crippen molar-refractivity contribution in [3.8, 4) is 5.75 Å². The van der Waals surface area contributed by atoms with Crippen molar-refractivity contribution in [2.24, 2.45) is 4.99 Å². The smallest absolute Gasteiger partial charge is 0.191 e. The summed E-state index contributed by atoms with van der Waals surface area (Å²) in [6.07, 6.45) is 0. The van der Waals surface area contributed by atoms with Crippen molar-refractivity contribution in [1.82, 2.24) is 10.6 Å². The highest BCUT2D eigenvalue weighted by Crippen LogP contribution is 2.19. The summed E-state index contributed by atoms with van der Waals surface area (Å²) in [6.45, 7) is 9.79. The van der Waals surface area contributed by atoms with Crippen molar-refractivity contribution in [2.45, 2.75) is 40.3 Å². The van der Waals surface area contributed by atoms with Crippen LogP contribution in [0, 0.1) is 6.92 Å². The van der Waals surface area contributed by atoms with Crippen LogP contribution in [-0.2, 0) is 6.54 Å². The maximum absolute atomic E-state index is 5.32. The number of nitrogens with zero attached hydrogens (tertiary/aromatic N) is 1. The van der Waals surface area contributed by atoms with Crippen LogP contribution in [0.4, 0.5) is 0 Å². The summed E-state index contributed by atoms with van der Waals surface area (Å²) in [5, 5.41) is 6.53. The van der Waals surface area contributed by atoms with Crippen LogP contribution in [0.2, 0.25) is 0 Å². The van der Waals surface area contributed by atoms with E-state index < -0.39 is 0 Å². The first-order valence-corrected chi connectivity index (χ1v) is 6.75. The minimum absolute atomic E-state index is 0. The number of aliphatic imine (C=N–C) groups is 1. The van der Waals surface area contributed by atoms with E-state index in [9.17, 15) is 0 Å². The van der Waals surface area contributed by atoms with Crippen molar-refractivity contribution >= 4 is 29.9 Å². The Kier molecular flexibility index (Phi) is 9.37. The normalized spacial score (nSPS) is 11.0. The minimum atomic E-state index is 0. The summed E-state index contributed by atoms with van der Waals surface area (Å²) in [7, 11) is 1.69. The van der Waals surface area contributed by atoms with Crippen LogP contribution >= 0.6 is 24.0 Å². The third-order valence-electron chi connectivity index (χ3n) is 2.66. The Morgan fingerprint density at radius 1 is 1.35 bits per heavy atom. The molecule has 0 bridgehead atoms. The highest BCUT2D eigenvalue weighted by molar-refractivity contribution is 14.0. The summed E-state index contributed by atoms with van der Waals surface area (Å²) in [5.41, 5.74) is 2.28. The van der Waals surface area contributed by atoms with Crippen molar-refractivity contribution < 1.29 is 4.74 Å². The fraction of sp³-hybridized carbons (Fsp3) is 0.533. The van der Waals surface area contributed by atoms with Crippen LogP contribution in [0.15, 0.2) is 23.2 Å². The van der Waals surface area contributed by atoms with E-state index in [2.05, 4.69) is 48.5 Å². The molecule has 2 N–H and O–H groups in total. The number of halogens is 1. The van der Waals surface area contributed by atoms with Gasteiger partial charge in [0.25, 0.3) is 0 Å². The molecule has 114 valence electrons. The lowest BCUT2D eigenvalue weighted by atomic mass is 10.1. The lowest BCUT2D eigenvalue weighted by molar-refractivity contribution is 0.411. The van der Waals surface area contributed by atoms with Crippen molar-refractivity contribution in [3.63, 3.8) is 0 Å². The number of rotatable bonds is 5. The Morgan fingerprint density at radius 3 is 2.60 bits per heavy atom. The molecule has 0 aliphatic rings. The van der Waals surface area contributed by atoms with Gasteiger partial charge in [0, 0.05) is 12.6 Å². The topological polar surface area (TPSA) is 45.7 Å². The highest BCUT2D eigenvalue weighted by atomic mass is 127. The first-order valence-electron chi connectivity index (χ1n) is 6.75. The Morgan fingerprint density at radius 2 is 2.05 bits per heavy atom. The number of methoxy groups -OCH3 is 1. The molecule has 1 rings (SSSR count). The van der Waals surface area contributed by atoms with Gasteiger partial charge in [-0.2, -0.15) is 0 Å². The van der Waals surface area contributed by atoms with Crippen LogP contribution in [0.1, 0.15) is 31.9 Å². The summed E-state index contributed by atoms with van der Waals surface area (Å²) in [6, 6.07) is 6.55. The molecule has 20 heavy (non-hydrogen) atoms. The predicted octanol–water partition coefficient (Wildman–Crippen LogP) is 3.09. The first kappa shape index (κ1) is 19.0. The van der Waals surface area contributed by atoms with E-state index in [0.717, 1.165) is 29.4 Å². The van der Waals surface area contributed by atoms with Gasteiger partial charge in [0.05, 0.1) is 13.7 Å². The van der Waals surface area contributed by atoms with E-state index in [4.69, 9.17) is 4.74 Å². The third-order valence-corrected chi connectivity index (χ3v) is 2.66. The van der Waals surface area contributed by atoms with E-state index in [-0.39, 0.29) is 24.0 Å². The van der Waals surface area contributed by atoms with E-state index in [1.807, 2.05) is 13.0 Å². The molecule has 4 nitrogen and oxygen atoms in total. The van der Waals surface area contributed by atoms with Gasteiger partial charge < -0.3 is 15.4 Å². The molecule has 0 unspecified atom stereocenters. The number of aryl methyl sites for hydroxylation is 1. The van der Waals surface area contributed by atoms with Gasteiger partial charge in [0.1, 0.15) is 5.75 Å². The number of hydrogen-bond donors (Lipinski definition) is 2. The Hall–Kier alpha value is -0.980. The Balaban J connectivity index is 0.00000361. The van der Waals surface area contributed by atoms with Gasteiger partial charge in [-0.1, -0.05) is 12.1 Å². The number of hydrogen-bond acceptors (Lipinski definition) is 2. The van der Waals surface area contributed by atoms with Crippen LogP contribution < -0.4 is 15.4 Å². The van der Waals surface area contributed by atoms with Crippen LogP contribution in [-0.4, -0.2) is 25.7 Å². The van der Waals surface area contributed by atoms with Gasteiger partial charge in [-0.05, 0) is 44.9 Å². The predicted molar refractivity (Wildman–Crippen MR) is 96.2 cm³/mol. The van der Waals surface area contributed by atoms with Crippen LogP contribution in [0.25, 0.3) is 0 Å². The first-order chi connectivity index (χ1) is 9.06. The summed E-state index contributed by atoms with van der Waals surface area (Å²) >= 11 is 0. The van der Waals surface area contributed by atoms with Gasteiger partial charge in [0.15, 0.2) is 5.96 Å². The minimum Gasteiger partial charge on any atom is -0.496 e. The van der Waals surface area contributed by atoms with E-state index in [1.165, 1.54) is 0 Å². The van der Waals surface area contributed by atoms with Crippen LogP contribution in [0.5, 0.6) is 5.75 Å². The zero-order valence-corrected chi connectivity index (χ0v) is 15.3. The largest absolute Gasteiger partial charge is 0.496 e. The van der Waals surface area contributed by atoms with Crippen molar-refractivity contribution in [3.05, 3.63) is 29.3 Å². The number of benzene rings is 1. The molecular weight excluding hydrogens is 365 g/mol. The SMILES string of the molecule is CCNC(=NCc1ccc(C)c(OC)c1)NC(C)C.I. The maximum Gasteiger partial charge on any atom is 0.191 e. The molecule has 0 saturated heterocycles. The average Bonchev–Trinajstić information content (AvgIpc) is 2.37. The molecular formula is C15H26IN3O. The van der Waals surface area contributed by atoms with Gasteiger partial charge in [-0.15, -0.1) is 24.0 Å². The van der Waals surface area contributed by atoms with Gasteiger partial charge in [-0.25, -0.2) is 4.99 Å². The molecule has 0 heterocycles. The molecule has 0 aliphatic carbocycles. The Bertz CT molecular complexity index is 433. The molecule has 0 aliphatic heterocycles. The number of nitrogens with one attached hydrogen (secondary N) is 2. The highest BCUT2D eigenvalue weighted by Gasteiger charge is 2.02. The molecule has 0 atom stereocenters. The maximum atomic E-state index is 5.32. The molecule has 0 spiro atoms. The van der Waals surface area contributed by atoms with Gasteiger partial charge in [-0.3, -0.25) is 0 Å². The zero-order valence-electron chi connectivity index (χ0n) is 13.0. The second-order valence-electron chi connectivity index (χ2n) is 4.80. The average molecular weight is 391 g/mol.